The average Bonchev–Trinajstić information content (AvgIpc) is 2.97. The molecule has 1 amide bonds. The van der Waals surface area contributed by atoms with Crippen molar-refractivity contribution in [3.8, 4) is 0 Å². The molecule has 0 bridgehead atoms. The first-order chi connectivity index (χ1) is 10.1. The molecule has 0 aromatic heterocycles. The Balaban J connectivity index is 1.78. The minimum Gasteiger partial charge on any atom is -0.479 e. The molecule has 1 aliphatic rings. The molecule has 0 fully saturated rings. The summed E-state index contributed by atoms with van der Waals surface area (Å²) in [6.45, 7) is 0.0623. The highest BCUT2D eigenvalue weighted by Gasteiger charge is 2.28. The van der Waals surface area contributed by atoms with Crippen LogP contribution in [0, 0.1) is 0 Å². The van der Waals surface area contributed by atoms with E-state index in [9.17, 15) is 9.59 Å². The van der Waals surface area contributed by atoms with Crippen molar-refractivity contribution in [1.82, 2.24) is 5.32 Å². The van der Waals surface area contributed by atoms with E-state index in [-0.39, 0.29) is 18.9 Å². The standard InChI is InChI=1S/C14H16N2O5/c17-11(14(19)20)6-7-15-13(18)12-8-10(16-21-12)9-4-2-1-3-5-9/h1-5,11-12,17H,6-8H2,(H,15,18)(H,19,20)/t11-,12?/m0/s1. The van der Waals surface area contributed by atoms with Crippen molar-refractivity contribution < 1.29 is 24.6 Å². The van der Waals surface area contributed by atoms with Gasteiger partial charge >= 0.3 is 5.97 Å². The van der Waals surface area contributed by atoms with E-state index >= 15 is 0 Å². The number of aliphatic hydroxyl groups is 1. The third-order valence-electron chi connectivity index (χ3n) is 3.07. The quantitative estimate of drug-likeness (QED) is 0.690. The van der Waals surface area contributed by atoms with Gasteiger partial charge in [0.1, 0.15) is 0 Å². The van der Waals surface area contributed by atoms with Crippen LogP contribution in [0.15, 0.2) is 35.5 Å². The van der Waals surface area contributed by atoms with E-state index in [4.69, 9.17) is 15.1 Å². The summed E-state index contributed by atoms with van der Waals surface area (Å²) in [4.78, 5) is 27.3. The SMILES string of the molecule is O=C(NCC[C@H](O)C(=O)O)C1CC(c2ccccc2)=NO1. The van der Waals surface area contributed by atoms with Crippen LogP contribution in [0.25, 0.3) is 0 Å². The molecular formula is C14H16N2O5. The normalized spacial score (nSPS) is 18.5. The van der Waals surface area contributed by atoms with Gasteiger partial charge in [-0.25, -0.2) is 4.79 Å². The summed E-state index contributed by atoms with van der Waals surface area (Å²) in [5.74, 6) is -1.68. The predicted molar refractivity (Wildman–Crippen MR) is 73.7 cm³/mol. The third-order valence-corrected chi connectivity index (χ3v) is 3.07. The lowest BCUT2D eigenvalue weighted by atomic mass is 10.0. The Kier molecular flexibility index (Phi) is 4.89. The number of carbonyl (C=O) groups is 2. The number of hydrogen-bond donors (Lipinski definition) is 3. The molecule has 0 saturated heterocycles. The van der Waals surface area contributed by atoms with Crippen molar-refractivity contribution in [3.63, 3.8) is 0 Å². The third kappa shape index (κ3) is 4.03. The Morgan fingerprint density at radius 1 is 1.38 bits per heavy atom. The monoisotopic (exact) mass is 292 g/mol. The highest BCUT2D eigenvalue weighted by atomic mass is 16.6. The maximum atomic E-state index is 11.8. The highest BCUT2D eigenvalue weighted by molar-refractivity contribution is 6.04. The van der Waals surface area contributed by atoms with E-state index in [0.29, 0.717) is 12.1 Å². The van der Waals surface area contributed by atoms with Crippen molar-refractivity contribution >= 4 is 17.6 Å². The van der Waals surface area contributed by atoms with Gasteiger partial charge in [0.05, 0.1) is 5.71 Å². The van der Waals surface area contributed by atoms with Gasteiger partial charge in [0.2, 0.25) is 6.10 Å². The van der Waals surface area contributed by atoms with Crippen LogP contribution in [-0.4, -0.2) is 46.6 Å². The van der Waals surface area contributed by atoms with Crippen LogP contribution in [-0.2, 0) is 14.4 Å². The zero-order valence-corrected chi connectivity index (χ0v) is 11.2. The van der Waals surface area contributed by atoms with Crippen molar-refractivity contribution in [2.45, 2.75) is 25.0 Å². The Morgan fingerprint density at radius 3 is 2.76 bits per heavy atom. The van der Waals surface area contributed by atoms with E-state index < -0.39 is 18.2 Å². The fourth-order valence-electron chi connectivity index (χ4n) is 1.89. The van der Waals surface area contributed by atoms with Crippen LogP contribution in [0.3, 0.4) is 0 Å². The number of aliphatic carboxylic acids is 1. The van der Waals surface area contributed by atoms with Gasteiger partial charge in [0.15, 0.2) is 6.10 Å². The molecule has 2 rings (SSSR count). The lowest BCUT2D eigenvalue weighted by Crippen LogP contribution is -2.37. The maximum Gasteiger partial charge on any atom is 0.332 e. The molecule has 1 aromatic carbocycles. The topological polar surface area (TPSA) is 108 Å². The molecule has 112 valence electrons. The number of hydrogen-bond acceptors (Lipinski definition) is 5. The highest BCUT2D eigenvalue weighted by Crippen LogP contribution is 2.16. The van der Waals surface area contributed by atoms with E-state index in [1.807, 2.05) is 30.3 Å². The summed E-state index contributed by atoms with van der Waals surface area (Å²) in [6, 6.07) is 9.40. The van der Waals surface area contributed by atoms with Gasteiger partial charge in [-0.3, -0.25) is 4.79 Å². The van der Waals surface area contributed by atoms with Crippen LogP contribution in [0.4, 0.5) is 0 Å². The number of rotatable bonds is 6. The number of carboxylic acid groups (broad SMARTS) is 1. The van der Waals surface area contributed by atoms with Crippen LogP contribution < -0.4 is 5.32 Å². The number of oxime groups is 1. The number of amides is 1. The van der Waals surface area contributed by atoms with Crippen molar-refractivity contribution in [2.24, 2.45) is 5.16 Å². The molecule has 0 radical (unpaired) electrons. The summed E-state index contributed by atoms with van der Waals surface area (Å²) in [5.41, 5.74) is 1.59. The molecule has 7 heteroatoms. The van der Waals surface area contributed by atoms with Crippen molar-refractivity contribution in [1.29, 1.82) is 0 Å². The summed E-state index contributed by atoms with van der Waals surface area (Å²) in [6.07, 6.45) is -1.90. The Bertz CT molecular complexity index is 544. The first-order valence-corrected chi connectivity index (χ1v) is 6.54. The molecular weight excluding hydrogens is 276 g/mol. The van der Waals surface area contributed by atoms with Crippen LogP contribution in [0.1, 0.15) is 18.4 Å². The number of aliphatic hydroxyl groups excluding tert-OH is 1. The van der Waals surface area contributed by atoms with Gasteiger partial charge in [-0.2, -0.15) is 0 Å². The zero-order valence-electron chi connectivity index (χ0n) is 11.2. The molecule has 3 N–H and O–H groups in total. The maximum absolute atomic E-state index is 11.8. The minimum absolute atomic E-state index is 0.0554. The molecule has 2 atom stereocenters. The largest absolute Gasteiger partial charge is 0.479 e. The molecule has 7 nitrogen and oxygen atoms in total. The van der Waals surface area contributed by atoms with Crippen molar-refractivity contribution in [2.75, 3.05) is 6.54 Å². The zero-order chi connectivity index (χ0) is 15.2. The van der Waals surface area contributed by atoms with Gasteiger partial charge in [0, 0.05) is 19.4 Å². The van der Waals surface area contributed by atoms with Crippen LogP contribution >= 0.6 is 0 Å². The lowest BCUT2D eigenvalue weighted by molar-refractivity contribution is -0.147. The summed E-state index contributed by atoms with van der Waals surface area (Å²) in [5, 5.41) is 24.0. The van der Waals surface area contributed by atoms with Gasteiger partial charge < -0.3 is 20.4 Å². The second-order valence-corrected chi connectivity index (χ2v) is 4.64. The lowest BCUT2D eigenvalue weighted by Gasteiger charge is -2.10. The van der Waals surface area contributed by atoms with E-state index in [2.05, 4.69) is 10.5 Å². The average molecular weight is 292 g/mol. The molecule has 21 heavy (non-hydrogen) atoms. The van der Waals surface area contributed by atoms with Crippen LogP contribution in [0.2, 0.25) is 0 Å². The fourth-order valence-corrected chi connectivity index (χ4v) is 1.89. The molecule has 1 aliphatic heterocycles. The number of benzene rings is 1. The second kappa shape index (κ2) is 6.85. The van der Waals surface area contributed by atoms with E-state index in [1.165, 1.54) is 0 Å². The first kappa shape index (κ1) is 15.0. The number of nitrogens with zero attached hydrogens (tertiary/aromatic N) is 1. The molecule has 1 aromatic rings. The molecule has 1 heterocycles. The smallest absolute Gasteiger partial charge is 0.332 e. The Morgan fingerprint density at radius 2 is 2.10 bits per heavy atom. The van der Waals surface area contributed by atoms with Gasteiger partial charge in [-0.05, 0) is 5.56 Å². The summed E-state index contributed by atoms with van der Waals surface area (Å²) in [7, 11) is 0. The number of carbonyl (C=O) groups excluding carboxylic acids is 1. The summed E-state index contributed by atoms with van der Waals surface area (Å²) >= 11 is 0. The van der Waals surface area contributed by atoms with Gasteiger partial charge in [0.25, 0.3) is 5.91 Å². The van der Waals surface area contributed by atoms with E-state index in [1.54, 1.807) is 0 Å². The molecule has 0 aliphatic carbocycles. The minimum atomic E-state index is -1.48. The molecule has 1 unspecified atom stereocenters. The first-order valence-electron chi connectivity index (χ1n) is 6.54. The van der Waals surface area contributed by atoms with Gasteiger partial charge in [-0.1, -0.05) is 35.5 Å². The number of nitrogens with one attached hydrogen (secondary N) is 1. The number of carboxylic acids is 1. The Labute approximate surface area is 121 Å². The van der Waals surface area contributed by atoms with Crippen molar-refractivity contribution in [3.05, 3.63) is 35.9 Å². The predicted octanol–water partition coefficient (Wildman–Crippen LogP) is 0.131. The van der Waals surface area contributed by atoms with Crippen LogP contribution in [0.5, 0.6) is 0 Å². The Hall–Kier alpha value is -2.41. The molecule has 0 saturated carbocycles. The fraction of sp³-hybridized carbons (Fsp3) is 0.357. The second-order valence-electron chi connectivity index (χ2n) is 4.64. The summed E-state index contributed by atoms with van der Waals surface area (Å²) < 4.78 is 0. The van der Waals surface area contributed by atoms with E-state index in [0.717, 1.165) is 5.56 Å². The van der Waals surface area contributed by atoms with Gasteiger partial charge in [-0.15, -0.1) is 0 Å². The molecule has 0 spiro atoms.